The third-order valence-electron chi connectivity index (χ3n) is 5.50. The van der Waals surface area contributed by atoms with Crippen LogP contribution in [0.2, 0.25) is 0 Å². The lowest BCUT2D eigenvalue weighted by molar-refractivity contribution is -0.384. The summed E-state index contributed by atoms with van der Waals surface area (Å²) in [7, 11) is 3.13. The van der Waals surface area contributed by atoms with Gasteiger partial charge in [0.25, 0.3) is 11.6 Å². The maximum atomic E-state index is 13.3. The molecule has 0 saturated heterocycles. The number of carbonyl (C=O) groups is 1. The van der Waals surface area contributed by atoms with Crippen LogP contribution in [0, 0.1) is 10.1 Å². The van der Waals surface area contributed by atoms with E-state index in [9.17, 15) is 14.9 Å². The fourth-order valence-corrected chi connectivity index (χ4v) is 4.17. The molecule has 0 aliphatic carbocycles. The Hall–Kier alpha value is -3.53. The van der Waals surface area contributed by atoms with E-state index in [4.69, 9.17) is 18.6 Å². The zero-order chi connectivity index (χ0) is 23.5. The van der Waals surface area contributed by atoms with Gasteiger partial charge in [-0.05, 0) is 69.9 Å². The van der Waals surface area contributed by atoms with E-state index in [-0.39, 0.29) is 24.0 Å². The van der Waals surface area contributed by atoms with E-state index in [0.29, 0.717) is 34.9 Å². The van der Waals surface area contributed by atoms with Gasteiger partial charge in [0.15, 0.2) is 21.9 Å². The molecule has 1 amide bonds. The Labute approximate surface area is 198 Å². The van der Waals surface area contributed by atoms with Crippen molar-refractivity contribution < 1.29 is 28.3 Å². The van der Waals surface area contributed by atoms with Gasteiger partial charge >= 0.3 is 0 Å². The summed E-state index contributed by atoms with van der Waals surface area (Å²) in [5, 5.41) is 10.9. The number of non-ortho nitro benzene ring substituents is 1. The highest BCUT2D eigenvalue weighted by molar-refractivity contribution is 9.10. The molecule has 2 aromatic carbocycles. The summed E-state index contributed by atoms with van der Waals surface area (Å²) >= 11 is 3.24. The number of halogens is 1. The minimum Gasteiger partial charge on any atom is -0.493 e. The van der Waals surface area contributed by atoms with Crippen LogP contribution >= 0.6 is 15.9 Å². The molecule has 4 rings (SSSR count). The molecular formula is C23H21BrN2O7. The highest BCUT2D eigenvalue weighted by atomic mass is 79.9. The number of methoxy groups -OCH3 is 2. The lowest BCUT2D eigenvalue weighted by Gasteiger charge is -2.37. The average molecular weight is 517 g/mol. The van der Waals surface area contributed by atoms with E-state index in [1.807, 2.05) is 12.1 Å². The molecule has 0 unspecified atom stereocenters. The van der Waals surface area contributed by atoms with Crippen LogP contribution in [0.4, 0.5) is 5.69 Å². The number of hydrogen-bond donors (Lipinski definition) is 0. The van der Waals surface area contributed by atoms with Gasteiger partial charge in [-0.15, -0.1) is 0 Å². The molecule has 1 aliphatic rings. The first-order valence-corrected chi connectivity index (χ1v) is 10.9. The number of carbonyl (C=O) groups excluding carboxylic acids is 1. The molecule has 1 atom stereocenters. The molecule has 33 heavy (non-hydrogen) atoms. The topological polar surface area (TPSA) is 104 Å². The largest absolute Gasteiger partial charge is 0.493 e. The molecule has 0 N–H and O–H groups in total. The van der Waals surface area contributed by atoms with E-state index < -0.39 is 11.0 Å². The molecule has 0 radical (unpaired) electrons. The minimum absolute atomic E-state index is 0.0256. The number of amides is 1. The highest BCUT2D eigenvalue weighted by Gasteiger charge is 2.34. The zero-order valence-corrected chi connectivity index (χ0v) is 19.5. The number of hydrogen-bond acceptors (Lipinski definition) is 7. The first kappa shape index (κ1) is 22.7. The van der Waals surface area contributed by atoms with Gasteiger partial charge < -0.3 is 23.5 Å². The second kappa shape index (κ2) is 9.53. The number of nitro benzene ring substituents is 1. The van der Waals surface area contributed by atoms with Crippen LogP contribution in [0.25, 0.3) is 0 Å². The Morgan fingerprint density at radius 1 is 1.15 bits per heavy atom. The predicted octanol–water partition coefficient (Wildman–Crippen LogP) is 4.79. The van der Waals surface area contributed by atoms with E-state index in [1.165, 1.54) is 24.3 Å². The normalized spacial score (nSPS) is 15.0. The smallest absolute Gasteiger partial charge is 0.290 e. The number of benzene rings is 2. The summed E-state index contributed by atoms with van der Waals surface area (Å²) in [6.45, 7) is 0.585. The van der Waals surface area contributed by atoms with Crippen LogP contribution in [-0.2, 0) is 6.42 Å². The SMILES string of the molecule is COc1cc2c(cc1OC)[C@@H](COc1ccc([N+](=O)[O-])cc1)N(C(=O)c1ccc(Br)o1)CC2. The number of ether oxygens (including phenoxy) is 3. The molecule has 1 aromatic heterocycles. The van der Waals surface area contributed by atoms with Gasteiger partial charge in [0, 0.05) is 18.7 Å². The van der Waals surface area contributed by atoms with Gasteiger partial charge in [0.1, 0.15) is 12.4 Å². The molecule has 0 bridgehead atoms. The molecule has 9 nitrogen and oxygen atoms in total. The maximum absolute atomic E-state index is 13.3. The van der Waals surface area contributed by atoms with E-state index >= 15 is 0 Å². The second-order valence-corrected chi connectivity index (χ2v) is 8.12. The summed E-state index contributed by atoms with van der Waals surface area (Å²) in [4.78, 5) is 25.4. The van der Waals surface area contributed by atoms with Crippen molar-refractivity contribution in [3.8, 4) is 17.2 Å². The van der Waals surface area contributed by atoms with Gasteiger partial charge in [-0.1, -0.05) is 0 Å². The summed E-state index contributed by atoms with van der Waals surface area (Å²) in [6, 6.07) is 12.4. The third-order valence-corrected chi connectivity index (χ3v) is 5.93. The Balaban J connectivity index is 1.67. The van der Waals surface area contributed by atoms with Crippen molar-refractivity contribution in [1.29, 1.82) is 0 Å². The molecule has 0 saturated carbocycles. The molecule has 172 valence electrons. The van der Waals surface area contributed by atoms with Gasteiger partial charge in [-0.25, -0.2) is 0 Å². The molecule has 0 fully saturated rings. The number of nitro groups is 1. The van der Waals surface area contributed by atoms with Gasteiger partial charge in [-0.3, -0.25) is 14.9 Å². The molecular weight excluding hydrogens is 496 g/mol. The van der Waals surface area contributed by atoms with Crippen molar-refractivity contribution >= 4 is 27.5 Å². The van der Waals surface area contributed by atoms with E-state index in [0.717, 1.165) is 11.1 Å². The number of nitrogens with zero attached hydrogens (tertiary/aromatic N) is 2. The number of rotatable bonds is 7. The zero-order valence-electron chi connectivity index (χ0n) is 17.9. The van der Waals surface area contributed by atoms with Crippen LogP contribution in [0.1, 0.15) is 27.7 Å². The van der Waals surface area contributed by atoms with Crippen molar-refractivity contribution in [3.63, 3.8) is 0 Å². The van der Waals surface area contributed by atoms with Crippen LogP contribution < -0.4 is 14.2 Å². The lowest BCUT2D eigenvalue weighted by atomic mass is 9.92. The standard InChI is InChI=1S/C23H21BrN2O7/c1-30-20-11-14-9-10-25(23(27)19-7-8-22(24)33-19)18(17(14)12-21(20)31-2)13-32-16-5-3-15(4-6-16)26(28)29/h3-8,11-12,18H,9-10,13H2,1-2H3/t18-/m1/s1. The third kappa shape index (κ3) is 4.65. The Morgan fingerprint density at radius 3 is 2.45 bits per heavy atom. The summed E-state index contributed by atoms with van der Waals surface area (Å²) in [5.41, 5.74) is 1.87. The lowest BCUT2D eigenvalue weighted by Crippen LogP contribution is -2.42. The van der Waals surface area contributed by atoms with Crippen molar-refractivity contribution in [2.75, 3.05) is 27.4 Å². The Bertz CT molecular complexity index is 1180. The van der Waals surface area contributed by atoms with Crippen molar-refractivity contribution in [1.82, 2.24) is 4.90 Å². The highest BCUT2D eigenvalue weighted by Crippen LogP contribution is 2.39. The maximum Gasteiger partial charge on any atom is 0.290 e. The van der Waals surface area contributed by atoms with Crippen LogP contribution in [0.15, 0.2) is 57.6 Å². The molecule has 3 aromatic rings. The number of fused-ring (bicyclic) bond motifs is 1. The molecule has 0 spiro atoms. The van der Waals surface area contributed by atoms with E-state index in [2.05, 4.69) is 15.9 Å². The average Bonchev–Trinajstić information content (AvgIpc) is 3.27. The van der Waals surface area contributed by atoms with Crippen LogP contribution in [-0.4, -0.2) is 43.1 Å². The first-order chi connectivity index (χ1) is 15.9. The quantitative estimate of drug-likeness (QED) is 0.328. The second-order valence-electron chi connectivity index (χ2n) is 7.34. The molecule has 1 aliphatic heterocycles. The van der Waals surface area contributed by atoms with E-state index in [1.54, 1.807) is 31.3 Å². The molecule has 2 heterocycles. The van der Waals surface area contributed by atoms with Crippen molar-refractivity contribution in [2.24, 2.45) is 0 Å². The fraction of sp³-hybridized carbons (Fsp3) is 0.261. The fourth-order valence-electron chi connectivity index (χ4n) is 3.86. The summed E-state index contributed by atoms with van der Waals surface area (Å²) in [5.74, 6) is 1.57. The van der Waals surface area contributed by atoms with Crippen molar-refractivity contribution in [3.05, 3.63) is 80.2 Å². The molecule has 10 heteroatoms. The van der Waals surface area contributed by atoms with Gasteiger partial charge in [-0.2, -0.15) is 0 Å². The number of furan rings is 1. The van der Waals surface area contributed by atoms with Crippen LogP contribution in [0.3, 0.4) is 0 Å². The minimum atomic E-state index is -0.470. The summed E-state index contributed by atoms with van der Waals surface area (Å²) < 4.78 is 22.8. The van der Waals surface area contributed by atoms with Gasteiger partial charge in [0.05, 0.1) is 25.2 Å². The Morgan fingerprint density at radius 2 is 1.85 bits per heavy atom. The monoisotopic (exact) mass is 516 g/mol. The first-order valence-electron chi connectivity index (χ1n) is 10.1. The van der Waals surface area contributed by atoms with Crippen molar-refractivity contribution in [2.45, 2.75) is 12.5 Å². The predicted molar refractivity (Wildman–Crippen MR) is 122 cm³/mol. The Kier molecular flexibility index (Phi) is 6.55. The summed E-state index contributed by atoms with van der Waals surface area (Å²) in [6.07, 6.45) is 0.622. The van der Waals surface area contributed by atoms with Crippen LogP contribution in [0.5, 0.6) is 17.2 Å². The van der Waals surface area contributed by atoms with Gasteiger partial charge in [0.2, 0.25) is 0 Å².